The Labute approximate surface area is 194 Å². The molecular weight excluding hydrogens is 473 g/mol. The molecule has 1 atom stereocenters. The molecule has 1 unspecified atom stereocenters. The summed E-state index contributed by atoms with van der Waals surface area (Å²) in [7, 11) is 0. The Kier molecular flexibility index (Phi) is 5.74. The van der Waals surface area contributed by atoms with E-state index in [0.29, 0.717) is 10.4 Å². The lowest BCUT2D eigenvalue weighted by atomic mass is 9.98. The predicted molar refractivity (Wildman–Crippen MR) is 118 cm³/mol. The number of carbonyl (C=O) groups excluding carboxylic acids is 2. The monoisotopic (exact) mass is 488 g/mol. The zero-order valence-corrected chi connectivity index (χ0v) is 18.2. The van der Waals surface area contributed by atoms with Gasteiger partial charge in [0.2, 0.25) is 0 Å². The van der Waals surface area contributed by atoms with Crippen LogP contribution in [0, 0.1) is 17.0 Å². The molecule has 0 aliphatic carbocycles. The van der Waals surface area contributed by atoms with E-state index in [2.05, 4.69) is 0 Å². The third-order valence-electron chi connectivity index (χ3n) is 5.42. The van der Waals surface area contributed by atoms with E-state index in [1.807, 2.05) is 0 Å². The van der Waals surface area contributed by atoms with E-state index in [1.54, 1.807) is 18.4 Å². The molecule has 1 amide bonds. The number of non-ortho nitro benzene ring substituents is 1. The predicted octanol–water partition coefficient (Wildman–Crippen LogP) is 5.61. The molecule has 0 saturated carbocycles. The Hall–Kier alpha value is -3.99. The van der Waals surface area contributed by atoms with Crippen LogP contribution in [0.4, 0.5) is 24.5 Å². The number of carbonyl (C=O) groups is 2. The molecule has 7 nitrogen and oxygen atoms in total. The first-order chi connectivity index (χ1) is 16.0. The minimum absolute atomic E-state index is 0.0515. The Bertz CT molecular complexity index is 1330. The average Bonchev–Trinajstić information content (AvgIpc) is 3.33. The summed E-state index contributed by atoms with van der Waals surface area (Å²) in [4.78, 5) is 37.9. The summed E-state index contributed by atoms with van der Waals surface area (Å²) in [5.41, 5.74) is -0.562. The van der Waals surface area contributed by atoms with E-state index in [0.717, 1.165) is 41.3 Å². The number of halogens is 3. The van der Waals surface area contributed by atoms with Gasteiger partial charge in [-0.1, -0.05) is 0 Å². The molecular formula is C23H15F3N2O5S. The zero-order chi connectivity index (χ0) is 24.8. The number of nitro groups is 1. The molecule has 1 fully saturated rings. The SMILES string of the molecule is Cc1ccsc1C1/C(=C(/O)c2ccc([N+](=O)[O-])cc2)C(=O)C(=O)N1c1ccc(C(F)(F)F)cc1. The molecule has 4 rings (SSSR count). The molecule has 1 aliphatic rings. The van der Waals surface area contributed by atoms with Gasteiger partial charge in [0, 0.05) is 28.3 Å². The number of amides is 1. The number of nitro benzene ring substituents is 1. The molecule has 1 saturated heterocycles. The highest BCUT2D eigenvalue weighted by Crippen LogP contribution is 2.45. The smallest absolute Gasteiger partial charge is 0.416 e. The molecule has 1 N–H and O–H groups in total. The van der Waals surface area contributed by atoms with E-state index < -0.39 is 40.2 Å². The van der Waals surface area contributed by atoms with Gasteiger partial charge in [-0.3, -0.25) is 24.6 Å². The van der Waals surface area contributed by atoms with Gasteiger partial charge in [0.15, 0.2) is 0 Å². The summed E-state index contributed by atoms with van der Waals surface area (Å²) in [6.07, 6.45) is -4.58. The maximum Gasteiger partial charge on any atom is 0.416 e. The van der Waals surface area contributed by atoms with E-state index in [9.17, 15) is 38.0 Å². The summed E-state index contributed by atoms with van der Waals surface area (Å²) >= 11 is 1.22. The molecule has 0 radical (unpaired) electrons. The lowest BCUT2D eigenvalue weighted by Crippen LogP contribution is -2.29. The zero-order valence-electron chi connectivity index (χ0n) is 17.4. The fourth-order valence-electron chi connectivity index (χ4n) is 3.72. The van der Waals surface area contributed by atoms with Crippen LogP contribution in [0.1, 0.15) is 27.6 Å². The van der Waals surface area contributed by atoms with Crippen molar-refractivity contribution in [1.82, 2.24) is 0 Å². The third kappa shape index (κ3) is 3.94. The molecule has 1 aliphatic heterocycles. The highest BCUT2D eigenvalue weighted by atomic mass is 32.1. The number of benzene rings is 2. The second-order valence-electron chi connectivity index (χ2n) is 7.49. The van der Waals surface area contributed by atoms with Crippen LogP contribution >= 0.6 is 11.3 Å². The van der Waals surface area contributed by atoms with Crippen LogP contribution in [-0.4, -0.2) is 21.7 Å². The topological polar surface area (TPSA) is 101 Å². The molecule has 0 bridgehead atoms. The van der Waals surface area contributed by atoms with Crippen LogP contribution in [-0.2, 0) is 15.8 Å². The third-order valence-corrected chi connectivity index (χ3v) is 6.49. The Morgan fingerprint density at radius 1 is 1.06 bits per heavy atom. The molecule has 1 aromatic heterocycles. The number of Topliss-reactive ketones (excluding diaryl/α,β-unsaturated/α-hetero) is 1. The maximum atomic E-state index is 13.0. The van der Waals surface area contributed by atoms with Crippen molar-refractivity contribution in [2.24, 2.45) is 0 Å². The second kappa shape index (κ2) is 8.41. The van der Waals surface area contributed by atoms with Crippen molar-refractivity contribution in [2.45, 2.75) is 19.1 Å². The number of rotatable bonds is 4. The first-order valence-corrected chi connectivity index (χ1v) is 10.7. The average molecular weight is 488 g/mol. The van der Waals surface area contributed by atoms with Gasteiger partial charge in [-0.2, -0.15) is 13.2 Å². The van der Waals surface area contributed by atoms with Crippen molar-refractivity contribution in [1.29, 1.82) is 0 Å². The number of alkyl halides is 3. The number of hydrogen-bond acceptors (Lipinski definition) is 6. The minimum Gasteiger partial charge on any atom is -0.507 e. The molecule has 0 spiro atoms. The summed E-state index contributed by atoms with van der Waals surface area (Å²) in [6.45, 7) is 1.74. The fraction of sp³-hybridized carbons (Fsp3) is 0.130. The van der Waals surface area contributed by atoms with Gasteiger partial charge < -0.3 is 5.11 Å². The van der Waals surface area contributed by atoms with Crippen molar-refractivity contribution in [3.63, 3.8) is 0 Å². The van der Waals surface area contributed by atoms with E-state index >= 15 is 0 Å². The minimum atomic E-state index is -4.58. The lowest BCUT2D eigenvalue weighted by molar-refractivity contribution is -0.384. The maximum absolute atomic E-state index is 13.0. The van der Waals surface area contributed by atoms with Gasteiger partial charge in [0.25, 0.3) is 17.4 Å². The Morgan fingerprint density at radius 2 is 1.68 bits per heavy atom. The van der Waals surface area contributed by atoms with E-state index in [1.165, 1.54) is 23.5 Å². The molecule has 11 heteroatoms. The number of aliphatic hydroxyl groups is 1. The number of aliphatic hydroxyl groups excluding tert-OH is 1. The quantitative estimate of drug-likeness (QED) is 0.169. The van der Waals surface area contributed by atoms with E-state index in [-0.39, 0.29) is 22.5 Å². The number of anilines is 1. The Balaban J connectivity index is 1.88. The number of nitrogens with zero attached hydrogens (tertiary/aromatic N) is 2. The van der Waals surface area contributed by atoms with Crippen LogP contribution in [0.5, 0.6) is 0 Å². The Morgan fingerprint density at radius 3 is 2.18 bits per heavy atom. The number of hydrogen-bond donors (Lipinski definition) is 1. The molecule has 174 valence electrons. The van der Waals surface area contributed by atoms with Crippen LogP contribution in [0.3, 0.4) is 0 Å². The van der Waals surface area contributed by atoms with Crippen LogP contribution < -0.4 is 4.90 Å². The molecule has 2 aromatic carbocycles. The van der Waals surface area contributed by atoms with Crippen molar-refractivity contribution >= 4 is 40.2 Å². The van der Waals surface area contributed by atoms with Crippen molar-refractivity contribution in [3.05, 3.63) is 97.2 Å². The van der Waals surface area contributed by atoms with Gasteiger partial charge in [0.1, 0.15) is 11.8 Å². The summed E-state index contributed by atoms with van der Waals surface area (Å²) in [6, 6.07) is 9.25. The number of thiophene rings is 1. The van der Waals surface area contributed by atoms with Crippen LogP contribution in [0.25, 0.3) is 5.76 Å². The van der Waals surface area contributed by atoms with Crippen LogP contribution in [0.2, 0.25) is 0 Å². The largest absolute Gasteiger partial charge is 0.507 e. The van der Waals surface area contributed by atoms with Crippen molar-refractivity contribution < 1.29 is 32.8 Å². The van der Waals surface area contributed by atoms with E-state index in [4.69, 9.17) is 0 Å². The fourth-order valence-corrected chi connectivity index (χ4v) is 4.74. The van der Waals surface area contributed by atoms with Crippen molar-refractivity contribution in [3.8, 4) is 0 Å². The van der Waals surface area contributed by atoms with Gasteiger partial charge in [0.05, 0.1) is 16.1 Å². The molecule has 3 aromatic rings. The summed E-state index contributed by atoms with van der Waals surface area (Å²) in [5, 5.41) is 23.6. The van der Waals surface area contributed by atoms with Crippen LogP contribution in [0.15, 0.2) is 65.6 Å². The van der Waals surface area contributed by atoms with Gasteiger partial charge >= 0.3 is 6.18 Å². The van der Waals surface area contributed by atoms with Gasteiger partial charge in [-0.15, -0.1) is 11.3 Å². The highest BCUT2D eigenvalue weighted by Gasteiger charge is 2.48. The second-order valence-corrected chi connectivity index (χ2v) is 8.43. The molecule has 34 heavy (non-hydrogen) atoms. The first-order valence-electron chi connectivity index (χ1n) is 9.77. The first kappa shape index (κ1) is 23.2. The normalized spacial score (nSPS) is 17.9. The highest BCUT2D eigenvalue weighted by molar-refractivity contribution is 7.10. The molecule has 2 heterocycles. The standard InChI is InChI=1S/C23H15F3N2O5S/c1-12-10-11-34-21(12)18-17(19(29)13-2-6-16(7-3-13)28(32)33)20(30)22(31)27(18)15-8-4-14(5-9-15)23(24,25)26/h2-11,18,29H,1H3/b19-17-. The number of aryl methyl sites for hydroxylation is 1. The summed E-state index contributed by atoms with van der Waals surface area (Å²) in [5.74, 6) is -2.57. The van der Waals surface area contributed by atoms with Gasteiger partial charge in [-0.05, 0) is 60.3 Å². The lowest BCUT2D eigenvalue weighted by Gasteiger charge is -2.25. The van der Waals surface area contributed by atoms with Crippen molar-refractivity contribution in [2.75, 3.05) is 4.90 Å². The van der Waals surface area contributed by atoms with Gasteiger partial charge in [-0.25, -0.2) is 0 Å². The summed E-state index contributed by atoms with van der Waals surface area (Å²) < 4.78 is 39.0. The number of ketones is 1.